The fraction of sp³-hybridized carbons (Fsp3) is 0.500. The molecule has 1 unspecified atom stereocenters. The number of carbonyl (C=O) groups is 1. The van der Waals surface area contributed by atoms with E-state index in [0.717, 1.165) is 5.56 Å². The number of hydrogen-bond donors (Lipinski definition) is 1. The van der Waals surface area contributed by atoms with E-state index in [4.69, 9.17) is 10.5 Å². The number of hydrogen-bond acceptors (Lipinski definition) is 4. The molecule has 17 heavy (non-hydrogen) atoms. The maximum atomic E-state index is 12.3. The van der Waals surface area contributed by atoms with Crippen LogP contribution in [0.1, 0.15) is 16.1 Å². The van der Waals surface area contributed by atoms with Gasteiger partial charge in [0.15, 0.2) is 0 Å². The standard InChI is InChI=1S/C12H17N3O2/c1-9-3-2-4-14-11(9)12(16)15-5-6-17-8-10(15)7-13/h2-4,10H,5-8,13H2,1H3. The summed E-state index contributed by atoms with van der Waals surface area (Å²) in [4.78, 5) is 18.3. The third-order valence-corrected chi connectivity index (χ3v) is 2.97. The number of ether oxygens (including phenoxy) is 1. The Morgan fingerprint density at radius 2 is 2.53 bits per heavy atom. The molecule has 2 heterocycles. The fourth-order valence-corrected chi connectivity index (χ4v) is 1.96. The number of pyridine rings is 1. The van der Waals surface area contributed by atoms with Crippen LogP contribution in [-0.4, -0.2) is 48.1 Å². The van der Waals surface area contributed by atoms with Crippen molar-refractivity contribution in [2.45, 2.75) is 13.0 Å². The van der Waals surface area contributed by atoms with Crippen molar-refractivity contribution < 1.29 is 9.53 Å². The van der Waals surface area contributed by atoms with Crippen molar-refractivity contribution in [3.8, 4) is 0 Å². The van der Waals surface area contributed by atoms with E-state index in [1.165, 1.54) is 0 Å². The average molecular weight is 235 g/mol. The first-order valence-corrected chi connectivity index (χ1v) is 5.74. The van der Waals surface area contributed by atoms with Gasteiger partial charge < -0.3 is 15.4 Å². The molecule has 0 aromatic carbocycles. The zero-order valence-electron chi connectivity index (χ0n) is 9.93. The van der Waals surface area contributed by atoms with E-state index in [0.29, 0.717) is 32.0 Å². The van der Waals surface area contributed by atoms with Crippen LogP contribution < -0.4 is 5.73 Å². The number of aromatic nitrogens is 1. The third kappa shape index (κ3) is 2.45. The van der Waals surface area contributed by atoms with Gasteiger partial charge >= 0.3 is 0 Å². The molecule has 0 spiro atoms. The highest BCUT2D eigenvalue weighted by Crippen LogP contribution is 2.13. The predicted octanol–water partition coefficient (Wildman–Crippen LogP) is 0.190. The molecule has 5 nitrogen and oxygen atoms in total. The van der Waals surface area contributed by atoms with Gasteiger partial charge in [0, 0.05) is 19.3 Å². The number of amides is 1. The third-order valence-electron chi connectivity index (χ3n) is 2.97. The first kappa shape index (κ1) is 12.0. The Labute approximate surface area is 101 Å². The molecule has 5 heteroatoms. The Kier molecular flexibility index (Phi) is 3.71. The molecule has 92 valence electrons. The molecule has 1 aliphatic rings. The van der Waals surface area contributed by atoms with Crippen LogP contribution in [0.5, 0.6) is 0 Å². The first-order chi connectivity index (χ1) is 8.24. The summed E-state index contributed by atoms with van der Waals surface area (Å²) in [5, 5.41) is 0. The Morgan fingerprint density at radius 3 is 3.24 bits per heavy atom. The Hall–Kier alpha value is -1.46. The van der Waals surface area contributed by atoms with Crippen LogP contribution in [-0.2, 0) is 4.74 Å². The van der Waals surface area contributed by atoms with Gasteiger partial charge in [-0.2, -0.15) is 0 Å². The number of aryl methyl sites for hydroxylation is 1. The van der Waals surface area contributed by atoms with Gasteiger partial charge in [-0.25, -0.2) is 0 Å². The Bertz CT molecular complexity index is 408. The monoisotopic (exact) mass is 235 g/mol. The van der Waals surface area contributed by atoms with Gasteiger partial charge in [-0.15, -0.1) is 0 Å². The lowest BCUT2D eigenvalue weighted by atomic mass is 10.1. The quantitative estimate of drug-likeness (QED) is 0.794. The van der Waals surface area contributed by atoms with Gasteiger partial charge in [-0.3, -0.25) is 9.78 Å². The van der Waals surface area contributed by atoms with Crippen LogP contribution >= 0.6 is 0 Å². The topological polar surface area (TPSA) is 68.5 Å². The van der Waals surface area contributed by atoms with Crippen LogP contribution in [0.25, 0.3) is 0 Å². The second-order valence-corrected chi connectivity index (χ2v) is 4.13. The number of rotatable bonds is 2. The van der Waals surface area contributed by atoms with Crippen LogP contribution in [0.3, 0.4) is 0 Å². The van der Waals surface area contributed by atoms with E-state index >= 15 is 0 Å². The smallest absolute Gasteiger partial charge is 0.273 e. The van der Waals surface area contributed by atoms with E-state index < -0.39 is 0 Å². The number of nitrogens with zero attached hydrogens (tertiary/aromatic N) is 2. The van der Waals surface area contributed by atoms with Crippen molar-refractivity contribution in [2.24, 2.45) is 5.73 Å². The highest BCUT2D eigenvalue weighted by Gasteiger charge is 2.28. The number of nitrogens with two attached hydrogens (primary N) is 1. The highest BCUT2D eigenvalue weighted by atomic mass is 16.5. The molecule has 0 aliphatic carbocycles. The maximum absolute atomic E-state index is 12.3. The molecule has 1 aliphatic heterocycles. The summed E-state index contributed by atoms with van der Waals surface area (Å²) in [5.74, 6) is -0.0538. The van der Waals surface area contributed by atoms with Crippen molar-refractivity contribution >= 4 is 5.91 Å². The summed E-state index contributed by atoms with van der Waals surface area (Å²) in [6.07, 6.45) is 1.64. The lowest BCUT2D eigenvalue weighted by Gasteiger charge is -2.34. The molecule has 2 N–H and O–H groups in total. The molecule has 1 atom stereocenters. The zero-order chi connectivity index (χ0) is 12.3. The van der Waals surface area contributed by atoms with Crippen molar-refractivity contribution in [3.63, 3.8) is 0 Å². The van der Waals surface area contributed by atoms with Gasteiger partial charge in [0.05, 0.1) is 19.3 Å². The van der Waals surface area contributed by atoms with E-state index in [9.17, 15) is 4.79 Å². The van der Waals surface area contributed by atoms with E-state index in [2.05, 4.69) is 4.98 Å². The minimum Gasteiger partial charge on any atom is -0.377 e. The average Bonchev–Trinajstić information content (AvgIpc) is 2.38. The van der Waals surface area contributed by atoms with E-state index in [1.54, 1.807) is 11.1 Å². The minimum absolute atomic E-state index is 0.0438. The van der Waals surface area contributed by atoms with Crippen molar-refractivity contribution in [3.05, 3.63) is 29.6 Å². The second-order valence-electron chi connectivity index (χ2n) is 4.13. The summed E-state index contributed by atoms with van der Waals surface area (Å²) in [6, 6.07) is 3.67. The largest absolute Gasteiger partial charge is 0.377 e. The molecule has 1 amide bonds. The van der Waals surface area contributed by atoms with Crippen LogP contribution in [0, 0.1) is 6.92 Å². The van der Waals surface area contributed by atoms with Crippen molar-refractivity contribution in [1.29, 1.82) is 0 Å². The van der Waals surface area contributed by atoms with Crippen LogP contribution in [0.15, 0.2) is 18.3 Å². The molecule has 0 bridgehead atoms. The Balaban J connectivity index is 2.21. The molecule has 0 radical (unpaired) electrons. The van der Waals surface area contributed by atoms with Crippen molar-refractivity contribution in [1.82, 2.24) is 9.88 Å². The lowest BCUT2D eigenvalue weighted by molar-refractivity contribution is 0.000480. The van der Waals surface area contributed by atoms with Gasteiger partial charge in [0.2, 0.25) is 0 Å². The summed E-state index contributed by atoms with van der Waals surface area (Å²) >= 11 is 0. The molecular weight excluding hydrogens is 218 g/mol. The molecule has 2 rings (SSSR count). The second kappa shape index (κ2) is 5.25. The molecule has 0 saturated carbocycles. The highest BCUT2D eigenvalue weighted by molar-refractivity contribution is 5.93. The summed E-state index contributed by atoms with van der Waals surface area (Å²) in [7, 11) is 0. The van der Waals surface area contributed by atoms with E-state index in [-0.39, 0.29) is 11.9 Å². The molecule has 1 saturated heterocycles. The molecule has 1 aromatic rings. The van der Waals surface area contributed by atoms with Gasteiger partial charge in [0.25, 0.3) is 5.91 Å². The SMILES string of the molecule is Cc1cccnc1C(=O)N1CCOCC1CN. The molecule has 1 aromatic heterocycles. The van der Waals surface area contributed by atoms with Crippen molar-refractivity contribution in [2.75, 3.05) is 26.3 Å². The number of morpholine rings is 1. The van der Waals surface area contributed by atoms with Gasteiger partial charge in [-0.05, 0) is 18.6 Å². The summed E-state index contributed by atoms with van der Waals surface area (Å²) < 4.78 is 5.33. The summed E-state index contributed by atoms with van der Waals surface area (Å²) in [6.45, 7) is 3.95. The van der Waals surface area contributed by atoms with Gasteiger partial charge in [0.1, 0.15) is 5.69 Å². The number of carbonyl (C=O) groups excluding carboxylic acids is 1. The maximum Gasteiger partial charge on any atom is 0.273 e. The zero-order valence-corrected chi connectivity index (χ0v) is 9.93. The Morgan fingerprint density at radius 1 is 1.71 bits per heavy atom. The van der Waals surface area contributed by atoms with Crippen LogP contribution in [0.4, 0.5) is 0 Å². The van der Waals surface area contributed by atoms with Gasteiger partial charge in [-0.1, -0.05) is 6.07 Å². The first-order valence-electron chi connectivity index (χ1n) is 5.74. The predicted molar refractivity (Wildman–Crippen MR) is 63.7 cm³/mol. The minimum atomic E-state index is -0.0538. The fourth-order valence-electron chi connectivity index (χ4n) is 1.96. The normalized spacial score (nSPS) is 20.4. The van der Waals surface area contributed by atoms with Crippen LogP contribution in [0.2, 0.25) is 0 Å². The molecular formula is C12H17N3O2. The lowest BCUT2D eigenvalue weighted by Crippen LogP contribution is -2.52. The van der Waals surface area contributed by atoms with E-state index in [1.807, 2.05) is 19.1 Å². The summed E-state index contributed by atoms with van der Waals surface area (Å²) in [5.41, 5.74) is 7.05. The molecule has 1 fully saturated rings.